The Kier molecular flexibility index (Phi) is 7.50. The van der Waals surface area contributed by atoms with Crippen LogP contribution in [0.5, 0.6) is 0 Å². The maximum absolute atomic E-state index is 11.0. The first kappa shape index (κ1) is 11.9. The van der Waals surface area contributed by atoms with Crippen molar-refractivity contribution in [3.63, 3.8) is 0 Å². The molecule has 0 fully saturated rings. The van der Waals surface area contributed by atoms with E-state index in [4.69, 9.17) is 5.11 Å². The standard InChI is InChI=1S/C8H16BrNO2/c1-7(6-11)10-8(12)4-2-3-5-9/h7,11H,2-6H2,1H3,(H,10,12)/t7-/m0/s1. The van der Waals surface area contributed by atoms with E-state index in [2.05, 4.69) is 21.2 Å². The van der Waals surface area contributed by atoms with Gasteiger partial charge in [0.25, 0.3) is 0 Å². The number of halogens is 1. The van der Waals surface area contributed by atoms with E-state index < -0.39 is 0 Å². The molecule has 0 aliphatic carbocycles. The Bertz CT molecular complexity index is 130. The predicted molar refractivity (Wildman–Crippen MR) is 52.3 cm³/mol. The number of carbonyl (C=O) groups is 1. The van der Waals surface area contributed by atoms with Crippen molar-refractivity contribution < 1.29 is 9.90 Å². The van der Waals surface area contributed by atoms with Crippen LogP contribution in [0.15, 0.2) is 0 Å². The molecule has 1 amide bonds. The first-order chi connectivity index (χ1) is 5.70. The number of hydrogen-bond donors (Lipinski definition) is 2. The van der Waals surface area contributed by atoms with Crippen LogP contribution in [0.1, 0.15) is 26.2 Å². The Hall–Kier alpha value is -0.0900. The molecule has 0 unspecified atom stereocenters. The largest absolute Gasteiger partial charge is 0.394 e. The third-order valence-corrected chi connectivity index (χ3v) is 2.03. The third-order valence-electron chi connectivity index (χ3n) is 1.47. The van der Waals surface area contributed by atoms with Gasteiger partial charge in [-0.1, -0.05) is 15.9 Å². The molecule has 0 bridgehead atoms. The summed E-state index contributed by atoms with van der Waals surface area (Å²) in [5.74, 6) is 0.0255. The molecule has 3 nitrogen and oxygen atoms in total. The van der Waals surface area contributed by atoms with E-state index in [0.29, 0.717) is 6.42 Å². The van der Waals surface area contributed by atoms with E-state index in [-0.39, 0.29) is 18.6 Å². The number of aliphatic hydroxyl groups is 1. The lowest BCUT2D eigenvalue weighted by Gasteiger charge is -2.09. The molecule has 0 rings (SSSR count). The molecular formula is C8H16BrNO2. The minimum Gasteiger partial charge on any atom is -0.394 e. The van der Waals surface area contributed by atoms with Gasteiger partial charge in [-0.3, -0.25) is 4.79 Å². The van der Waals surface area contributed by atoms with Crippen LogP contribution in [0.3, 0.4) is 0 Å². The average Bonchev–Trinajstić information content (AvgIpc) is 2.05. The maximum atomic E-state index is 11.0. The Balaban J connectivity index is 3.33. The van der Waals surface area contributed by atoms with Crippen molar-refractivity contribution >= 4 is 21.8 Å². The van der Waals surface area contributed by atoms with Crippen LogP contribution < -0.4 is 5.32 Å². The summed E-state index contributed by atoms with van der Waals surface area (Å²) in [6.45, 7) is 1.78. The van der Waals surface area contributed by atoms with Crippen molar-refractivity contribution in [2.75, 3.05) is 11.9 Å². The van der Waals surface area contributed by atoms with Crippen LogP contribution in [0.2, 0.25) is 0 Å². The number of alkyl halides is 1. The summed E-state index contributed by atoms with van der Waals surface area (Å²) < 4.78 is 0. The van der Waals surface area contributed by atoms with Crippen molar-refractivity contribution in [3.05, 3.63) is 0 Å². The first-order valence-electron chi connectivity index (χ1n) is 4.17. The van der Waals surface area contributed by atoms with Gasteiger partial charge in [0, 0.05) is 17.8 Å². The van der Waals surface area contributed by atoms with Crippen molar-refractivity contribution in [2.24, 2.45) is 0 Å². The molecule has 1 atom stereocenters. The van der Waals surface area contributed by atoms with Crippen LogP contribution in [-0.2, 0) is 4.79 Å². The van der Waals surface area contributed by atoms with Gasteiger partial charge in [0.2, 0.25) is 5.91 Å². The molecular weight excluding hydrogens is 222 g/mol. The summed E-state index contributed by atoms with van der Waals surface area (Å²) in [6, 6.07) is -0.124. The molecule has 0 aromatic heterocycles. The summed E-state index contributed by atoms with van der Waals surface area (Å²) in [5.41, 5.74) is 0. The Morgan fingerprint density at radius 1 is 1.58 bits per heavy atom. The van der Waals surface area contributed by atoms with Crippen LogP contribution in [0.4, 0.5) is 0 Å². The topological polar surface area (TPSA) is 49.3 Å². The van der Waals surface area contributed by atoms with Gasteiger partial charge in [-0.15, -0.1) is 0 Å². The van der Waals surface area contributed by atoms with Crippen molar-refractivity contribution in [1.29, 1.82) is 0 Å². The summed E-state index contributed by atoms with van der Waals surface area (Å²) in [5, 5.41) is 12.3. The van der Waals surface area contributed by atoms with Gasteiger partial charge in [0.15, 0.2) is 0 Å². The molecule has 0 aromatic carbocycles. The minimum absolute atomic E-state index is 0.00415. The molecule has 12 heavy (non-hydrogen) atoms. The zero-order valence-electron chi connectivity index (χ0n) is 7.35. The van der Waals surface area contributed by atoms with Crippen LogP contribution in [0, 0.1) is 0 Å². The number of rotatable bonds is 6. The van der Waals surface area contributed by atoms with Crippen LogP contribution in [-0.4, -0.2) is 29.0 Å². The van der Waals surface area contributed by atoms with E-state index in [0.717, 1.165) is 18.2 Å². The lowest BCUT2D eigenvalue weighted by Crippen LogP contribution is -2.34. The molecule has 0 spiro atoms. The highest BCUT2D eigenvalue weighted by atomic mass is 79.9. The molecule has 0 aliphatic heterocycles. The van der Waals surface area contributed by atoms with Crippen LogP contribution >= 0.6 is 15.9 Å². The van der Waals surface area contributed by atoms with Gasteiger partial charge in [0.1, 0.15) is 0 Å². The van der Waals surface area contributed by atoms with E-state index >= 15 is 0 Å². The van der Waals surface area contributed by atoms with Crippen molar-refractivity contribution in [1.82, 2.24) is 5.32 Å². The van der Waals surface area contributed by atoms with Gasteiger partial charge >= 0.3 is 0 Å². The molecule has 4 heteroatoms. The summed E-state index contributed by atoms with van der Waals surface area (Å²) in [6.07, 6.45) is 2.46. The van der Waals surface area contributed by atoms with E-state index in [1.807, 2.05) is 0 Å². The van der Waals surface area contributed by atoms with Gasteiger partial charge in [0.05, 0.1) is 6.61 Å². The highest BCUT2D eigenvalue weighted by Crippen LogP contribution is 1.98. The second kappa shape index (κ2) is 7.55. The average molecular weight is 238 g/mol. The Morgan fingerprint density at radius 3 is 2.75 bits per heavy atom. The Labute approximate surface area is 81.7 Å². The van der Waals surface area contributed by atoms with Gasteiger partial charge < -0.3 is 10.4 Å². The molecule has 2 N–H and O–H groups in total. The van der Waals surface area contributed by atoms with Gasteiger partial charge in [-0.2, -0.15) is 0 Å². The fraction of sp³-hybridized carbons (Fsp3) is 0.875. The number of nitrogens with one attached hydrogen (secondary N) is 1. The second-order valence-corrected chi connectivity index (χ2v) is 3.59. The smallest absolute Gasteiger partial charge is 0.220 e. The van der Waals surface area contributed by atoms with Gasteiger partial charge in [-0.25, -0.2) is 0 Å². The number of hydrogen-bond acceptors (Lipinski definition) is 2. The number of unbranched alkanes of at least 4 members (excludes halogenated alkanes) is 1. The second-order valence-electron chi connectivity index (χ2n) is 2.80. The van der Waals surface area contributed by atoms with E-state index in [1.165, 1.54) is 0 Å². The molecule has 72 valence electrons. The highest BCUT2D eigenvalue weighted by molar-refractivity contribution is 9.09. The summed E-state index contributed by atoms with van der Waals surface area (Å²) >= 11 is 3.29. The first-order valence-corrected chi connectivity index (χ1v) is 5.29. The summed E-state index contributed by atoms with van der Waals surface area (Å²) in [7, 11) is 0. The van der Waals surface area contributed by atoms with Crippen LogP contribution in [0.25, 0.3) is 0 Å². The predicted octanol–water partition coefficient (Wildman–Crippen LogP) is 1.05. The normalized spacial score (nSPS) is 12.6. The lowest BCUT2D eigenvalue weighted by molar-refractivity contribution is -0.122. The molecule has 0 aromatic rings. The number of carbonyl (C=O) groups excluding carboxylic acids is 1. The molecule has 0 saturated heterocycles. The SMILES string of the molecule is C[C@@H](CO)NC(=O)CCCCBr. The van der Waals surface area contributed by atoms with Crippen molar-refractivity contribution in [3.8, 4) is 0 Å². The number of aliphatic hydroxyl groups excluding tert-OH is 1. The monoisotopic (exact) mass is 237 g/mol. The zero-order valence-corrected chi connectivity index (χ0v) is 8.93. The highest BCUT2D eigenvalue weighted by Gasteiger charge is 2.04. The molecule has 0 saturated carbocycles. The minimum atomic E-state index is -0.124. The van der Waals surface area contributed by atoms with Gasteiger partial charge in [-0.05, 0) is 19.8 Å². The maximum Gasteiger partial charge on any atom is 0.220 e. The summed E-state index contributed by atoms with van der Waals surface area (Å²) in [4.78, 5) is 11.0. The lowest BCUT2D eigenvalue weighted by atomic mass is 10.2. The molecule has 0 radical (unpaired) electrons. The van der Waals surface area contributed by atoms with Crippen molar-refractivity contribution in [2.45, 2.75) is 32.2 Å². The molecule has 0 aliphatic rings. The van der Waals surface area contributed by atoms with E-state index in [1.54, 1.807) is 6.92 Å². The Morgan fingerprint density at radius 2 is 2.25 bits per heavy atom. The zero-order chi connectivity index (χ0) is 9.40. The van der Waals surface area contributed by atoms with E-state index in [9.17, 15) is 4.79 Å². The molecule has 0 heterocycles. The fourth-order valence-electron chi connectivity index (χ4n) is 0.773. The quantitative estimate of drug-likeness (QED) is 0.536. The number of amides is 1. The third kappa shape index (κ3) is 6.61. The fourth-order valence-corrected chi connectivity index (χ4v) is 1.17.